The summed E-state index contributed by atoms with van der Waals surface area (Å²) >= 11 is 0. The lowest BCUT2D eigenvalue weighted by Gasteiger charge is -2.34. The van der Waals surface area contributed by atoms with Gasteiger partial charge in [-0.15, -0.1) is 0 Å². The molecule has 8 heteroatoms. The first kappa shape index (κ1) is 14.3. The first-order valence-electron chi connectivity index (χ1n) is 9.17. The molecule has 1 aliphatic heterocycles. The second-order valence-corrected chi connectivity index (χ2v) is 8.27. The van der Waals surface area contributed by atoms with E-state index in [-0.39, 0.29) is 30.1 Å². The van der Waals surface area contributed by atoms with Crippen LogP contribution in [0.25, 0.3) is 11.2 Å². The molecule has 25 heavy (non-hydrogen) atoms. The molecule has 0 radical (unpaired) electrons. The zero-order valence-electron chi connectivity index (χ0n) is 13.9. The Kier molecular flexibility index (Phi) is 2.63. The highest BCUT2D eigenvalue weighted by Crippen LogP contribution is 2.64. The monoisotopic (exact) mass is 342 g/mol. The number of imidazole rings is 1. The molecule has 3 saturated carbocycles. The average molecular weight is 342 g/mol. The molecule has 8 nitrogen and oxygen atoms in total. The summed E-state index contributed by atoms with van der Waals surface area (Å²) in [6.45, 7) is 0.900. The van der Waals surface area contributed by atoms with Crippen molar-refractivity contribution in [1.82, 2.24) is 19.5 Å². The summed E-state index contributed by atoms with van der Waals surface area (Å²) < 4.78 is 8.29. The highest BCUT2D eigenvalue weighted by molar-refractivity contribution is 5.84. The lowest BCUT2D eigenvalue weighted by atomic mass is 9.74. The standard InChI is InChI=1S/C17H22N6O2/c18-16-21-14(20-9-1-2-9)11-15(22-16)23(7-19-11)12-8-3-10-13(12)25-6-17(10,4-8)5-24/h7-10,12-13,24H,1-6H2,(H3,18,20,21,22)/t8-,10-,12-,13-,17-/m1/s1. The van der Waals surface area contributed by atoms with Crippen molar-refractivity contribution in [2.45, 2.75) is 43.9 Å². The number of aliphatic hydroxyl groups is 1. The van der Waals surface area contributed by atoms with Crippen molar-refractivity contribution >= 4 is 22.9 Å². The van der Waals surface area contributed by atoms with Crippen LogP contribution in [-0.4, -0.2) is 50.0 Å². The number of nitrogens with zero attached hydrogens (tertiary/aromatic N) is 4. The van der Waals surface area contributed by atoms with Crippen molar-refractivity contribution in [1.29, 1.82) is 0 Å². The highest BCUT2D eigenvalue weighted by Gasteiger charge is 2.65. The van der Waals surface area contributed by atoms with Gasteiger partial charge in [0.1, 0.15) is 0 Å². The largest absolute Gasteiger partial charge is 0.396 e. The van der Waals surface area contributed by atoms with E-state index in [2.05, 4.69) is 24.8 Å². The zero-order valence-corrected chi connectivity index (χ0v) is 13.9. The van der Waals surface area contributed by atoms with Crippen molar-refractivity contribution < 1.29 is 9.84 Å². The van der Waals surface area contributed by atoms with E-state index in [1.165, 1.54) is 0 Å². The Hall–Kier alpha value is -1.93. The van der Waals surface area contributed by atoms with Gasteiger partial charge in [-0.2, -0.15) is 9.97 Å². The van der Waals surface area contributed by atoms with E-state index in [9.17, 15) is 5.11 Å². The van der Waals surface area contributed by atoms with Gasteiger partial charge < -0.3 is 25.5 Å². The van der Waals surface area contributed by atoms with Crippen LogP contribution in [0, 0.1) is 17.3 Å². The minimum Gasteiger partial charge on any atom is -0.396 e. The molecule has 4 fully saturated rings. The zero-order chi connectivity index (χ0) is 16.8. The predicted octanol–water partition coefficient (Wildman–Crippen LogP) is 0.941. The van der Waals surface area contributed by atoms with Crippen LogP contribution in [0.1, 0.15) is 31.7 Å². The van der Waals surface area contributed by atoms with E-state index in [0.717, 1.165) is 42.7 Å². The first-order valence-corrected chi connectivity index (χ1v) is 9.17. The number of hydrogen-bond donors (Lipinski definition) is 3. The van der Waals surface area contributed by atoms with Gasteiger partial charge in [-0.05, 0) is 37.5 Å². The molecule has 4 aliphatic rings. The normalized spacial score (nSPS) is 38.8. The lowest BCUT2D eigenvalue weighted by Crippen LogP contribution is -2.37. The van der Waals surface area contributed by atoms with Gasteiger partial charge >= 0.3 is 0 Å². The van der Waals surface area contributed by atoms with Crippen LogP contribution in [0.2, 0.25) is 0 Å². The number of nitrogen functional groups attached to an aromatic ring is 1. The number of aliphatic hydroxyl groups excluding tert-OH is 1. The predicted molar refractivity (Wildman–Crippen MR) is 90.9 cm³/mol. The number of fused-ring (bicyclic) bond motifs is 2. The van der Waals surface area contributed by atoms with Crippen LogP contribution in [0.5, 0.6) is 0 Å². The van der Waals surface area contributed by atoms with E-state index in [1.807, 2.05) is 6.33 Å². The Bertz CT molecular complexity index is 864. The molecule has 0 unspecified atom stereocenters. The maximum absolute atomic E-state index is 9.87. The second kappa shape index (κ2) is 4.62. The van der Waals surface area contributed by atoms with Gasteiger partial charge in [0.25, 0.3) is 0 Å². The number of rotatable bonds is 4. The lowest BCUT2D eigenvalue weighted by molar-refractivity contribution is 0.0656. The molecule has 2 aromatic rings. The Morgan fingerprint density at radius 2 is 2.28 bits per heavy atom. The van der Waals surface area contributed by atoms with E-state index in [0.29, 0.717) is 24.5 Å². The number of aromatic nitrogens is 4. The Morgan fingerprint density at radius 3 is 3.08 bits per heavy atom. The molecule has 4 N–H and O–H groups in total. The van der Waals surface area contributed by atoms with Gasteiger partial charge in [-0.3, -0.25) is 0 Å². The minimum absolute atomic E-state index is 0.0189. The number of hydrogen-bond acceptors (Lipinski definition) is 7. The SMILES string of the molecule is Nc1nc(NC2CC2)c2ncn([C@@H]3[C@@H]4C[C@@H]5[C@H]3OC[C@]5(CO)C4)c2n1. The molecule has 0 amide bonds. The van der Waals surface area contributed by atoms with E-state index in [4.69, 9.17) is 10.5 Å². The topological polar surface area (TPSA) is 111 Å². The van der Waals surface area contributed by atoms with Crippen molar-refractivity contribution in [3.8, 4) is 0 Å². The molecule has 1 saturated heterocycles. The Labute approximate surface area is 144 Å². The molecule has 3 heterocycles. The molecule has 2 bridgehead atoms. The molecule has 132 valence electrons. The molecular weight excluding hydrogens is 320 g/mol. The summed E-state index contributed by atoms with van der Waals surface area (Å²) in [5.41, 5.74) is 7.53. The van der Waals surface area contributed by atoms with Crippen LogP contribution < -0.4 is 11.1 Å². The van der Waals surface area contributed by atoms with Crippen molar-refractivity contribution in [2.75, 3.05) is 24.3 Å². The van der Waals surface area contributed by atoms with E-state index >= 15 is 0 Å². The quantitative estimate of drug-likeness (QED) is 0.758. The maximum atomic E-state index is 9.87. The van der Waals surface area contributed by atoms with Crippen LogP contribution in [0.3, 0.4) is 0 Å². The number of nitrogens with one attached hydrogen (secondary N) is 1. The van der Waals surface area contributed by atoms with Gasteiger partial charge in [0.15, 0.2) is 17.0 Å². The molecule has 3 aliphatic carbocycles. The summed E-state index contributed by atoms with van der Waals surface area (Å²) in [6.07, 6.45) is 6.46. The summed E-state index contributed by atoms with van der Waals surface area (Å²) in [5, 5.41) is 13.3. The molecular formula is C17H22N6O2. The van der Waals surface area contributed by atoms with Gasteiger partial charge in [-0.1, -0.05) is 0 Å². The fourth-order valence-corrected chi connectivity index (χ4v) is 5.51. The molecule has 5 atom stereocenters. The average Bonchev–Trinajstić information content (AvgIpc) is 2.96. The van der Waals surface area contributed by atoms with Crippen molar-refractivity contribution in [2.24, 2.45) is 17.3 Å². The summed E-state index contributed by atoms with van der Waals surface area (Å²) in [7, 11) is 0. The number of anilines is 2. The van der Waals surface area contributed by atoms with Gasteiger partial charge in [0, 0.05) is 11.5 Å². The van der Waals surface area contributed by atoms with E-state index in [1.54, 1.807) is 0 Å². The van der Waals surface area contributed by atoms with Crippen LogP contribution >= 0.6 is 0 Å². The van der Waals surface area contributed by atoms with Crippen LogP contribution in [0.4, 0.5) is 11.8 Å². The van der Waals surface area contributed by atoms with Crippen LogP contribution in [-0.2, 0) is 4.74 Å². The van der Waals surface area contributed by atoms with E-state index < -0.39 is 0 Å². The third-order valence-corrected chi connectivity index (χ3v) is 6.78. The third kappa shape index (κ3) is 1.81. The smallest absolute Gasteiger partial charge is 0.224 e. The summed E-state index contributed by atoms with van der Waals surface area (Å²) in [5.74, 6) is 1.95. The summed E-state index contributed by atoms with van der Waals surface area (Å²) in [4.78, 5) is 13.5. The highest BCUT2D eigenvalue weighted by atomic mass is 16.5. The number of nitrogens with two attached hydrogens (primary N) is 1. The fraction of sp³-hybridized carbons (Fsp3) is 0.706. The summed E-state index contributed by atoms with van der Waals surface area (Å²) in [6, 6.07) is 0.703. The molecule has 6 rings (SSSR count). The number of ether oxygens (including phenoxy) is 1. The Morgan fingerprint density at radius 1 is 1.40 bits per heavy atom. The van der Waals surface area contributed by atoms with Gasteiger partial charge in [-0.25, -0.2) is 4.98 Å². The fourth-order valence-electron chi connectivity index (χ4n) is 5.51. The van der Waals surface area contributed by atoms with Crippen molar-refractivity contribution in [3.05, 3.63) is 6.33 Å². The molecule has 2 aromatic heterocycles. The molecule has 0 aromatic carbocycles. The Balaban J connectivity index is 1.43. The van der Waals surface area contributed by atoms with Crippen molar-refractivity contribution in [3.63, 3.8) is 0 Å². The maximum Gasteiger partial charge on any atom is 0.224 e. The van der Waals surface area contributed by atoms with Gasteiger partial charge in [0.2, 0.25) is 5.95 Å². The van der Waals surface area contributed by atoms with Crippen LogP contribution in [0.15, 0.2) is 6.33 Å². The molecule has 0 spiro atoms. The first-order chi connectivity index (χ1) is 12.2. The minimum atomic E-state index is -0.0189. The third-order valence-electron chi connectivity index (χ3n) is 6.78. The second-order valence-electron chi connectivity index (χ2n) is 8.27. The van der Waals surface area contributed by atoms with Gasteiger partial charge in [0.05, 0.1) is 31.7 Å².